The van der Waals surface area contributed by atoms with Gasteiger partial charge in [0.2, 0.25) is 0 Å². The zero-order valence-corrected chi connectivity index (χ0v) is 16.3. The van der Waals surface area contributed by atoms with Crippen LogP contribution in [0.15, 0.2) is 42.6 Å². The van der Waals surface area contributed by atoms with Crippen molar-refractivity contribution in [3.8, 4) is 11.5 Å². The lowest BCUT2D eigenvalue weighted by atomic mass is 9.88. The van der Waals surface area contributed by atoms with Crippen LogP contribution in [-0.4, -0.2) is 37.7 Å². The van der Waals surface area contributed by atoms with Gasteiger partial charge in [0.1, 0.15) is 0 Å². The standard InChI is InChI=1S/C20H19F2NO5S/c1-29(25,26)11-13-3-2-4-15-16(10-23-19(13)15)14(7-8-24)12-5-6-17-18(9-12)28-20(21,22)27-17/h2-6,9-10,14,23-24H,7-8,11H2,1H3. The van der Waals surface area contributed by atoms with Crippen molar-refractivity contribution < 1.29 is 31.8 Å². The molecule has 0 saturated heterocycles. The predicted molar refractivity (Wildman–Crippen MR) is 103 cm³/mol. The summed E-state index contributed by atoms with van der Waals surface area (Å²) in [6.07, 6.45) is -0.420. The third kappa shape index (κ3) is 3.92. The summed E-state index contributed by atoms with van der Waals surface area (Å²) in [7, 11) is -3.22. The highest BCUT2D eigenvalue weighted by atomic mass is 32.2. The number of aliphatic hydroxyl groups is 1. The van der Waals surface area contributed by atoms with E-state index in [0.717, 1.165) is 10.9 Å². The van der Waals surface area contributed by atoms with E-state index in [9.17, 15) is 22.3 Å². The first-order chi connectivity index (χ1) is 13.7. The SMILES string of the molecule is CS(=O)(=O)Cc1cccc2c(C(CCO)c3ccc4c(c3)OC(F)(F)O4)c[nH]c12. The van der Waals surface area contributed by atoms with Gasteiger partial charge < -0.3 is 19.6 Å². The Morgan fingerprint density at radius 3 is 2.66 bits per heavy atom. The Kier molecular flexibility index (Phi) is 4.74. The molecule has 2 heterocycles. The molecule has 0 amide bonds. The van der Waals surface area contributed by atoms with Crippen molar-refractivity contribution in [3.63, 3.8) is 0 Å². The Morgan fingerprint density at radius 1 is 1.17 bits per heavy atom. The fraction of sp³-hybridized carbons (Fsp3) is 0.300. The van der Waals surface area contributed by atoms with Crippen molar-refractivity contribution in [2.24, 2.45) is 0 Å². The molecule has 3 aromatic rings. The summed E-state index contributed by atoms with van der Waals surface area (Å²) in [4.78, 5) is 3.13. The highest BCUT2D eigenvalue weighted by Crippen LogP contribution is 2.44. The molecule has 6 nitrogen and oxygen atoms in total. The second-order valence-electron chi connectivity index (χ2n) is 7.09. The number of hydrogen-bond donors (Lipinski definition) is 2. The van der Waals surface area contributed by atoms with Crippen LogP contribution in [0, 0.1) is 0 Å². The van der Waals surface area contributed by atoms with Gasteiger partial charge >= 0.3 is 6.29 Å². The van der Waals surface area contributed by atoms with E-state index >= 15 is 0 Å². The van der Waals surface area contributed by atoms with Crippen LogP contribution in [-0.2, 0) is 15.6 Å². The molecule has 1 aliphatic heterocycles. The highest BCUT2D eigenvalue weighted by Gasteiger charge is 2.43. The van der Waals surface area contributed by atoms with Gasteiger partial charge in [-0.1, -0.05) is 24.3 Å². The van der Waals surface area contributed by atoms with Gasteiger partial charge in [0.15, 0.2) is 21.3 Å². The van der Waals surface area contributed by atoms with Gasteiger partial charge in [-0.3, -0.25) is 0 Å². The van der Waals surface area contributed by atoms with Crippen LogP contribution in [0.4, 0.5) is 8.78 Å². The Labute approximate surface area is 166 Å². The lowest BCUT2D eigenvalue weighted by Gasteiger charge is -2.16. The van der Waals surface area contributed by atoms with Crippen molar-refractivity contribution in [1.82, 2.24) is 4.98 Å². The van der Waals surface area contributed by atoms with Crippen LogP contribution in [0.25, 0.3) is 10.9 Å². The Hall–Kier alpha value is -2.65. The number of hydrogen-bond acceptors (Lipinski definition) is 5. The number of benzene rings is 2. The van der Waals surface area contributed by atoms with E-state index < -0.39 is 16.1 Å². The normalized spacial score (nSPS) is 16.3. The maximum atomic E-state index is 13.3. The molecule has 0 aliphatic carbocycles. The Morgan fingerprint density at radius 2 is 1.93 bits per heavy atom. The summed E-state index contributed by atoms with van der Waals surface area (Å²) in [5, 5.41) is 10.4. The molecular formula is C20H19F2NO5S. The summed E-state index contributed by atoms with van der Waals surface area (Å²) in [5.74, 6) is -0.525. The molecule has 1 atom stereocenters. The van der Waals surface area contributed by atoms with Crippen LogP contribution >= 0.6 is 0 Å². The zero-order chi connectivity index (χ0) is 20.8. The zero-order valence-electron chi connectivity index (χ0n) is 15.5. The van der Waals surface area contributed by atoms with Crippen LogP contribution in [0.3, 0.4) is 0 Å². The molecule has 4 rings (SSSR count). The topological polar surface area (TPSA) is 88.6 Å². The molecular weight excluding hydrogens is 404 g/mol. The number of H-pyrrole nitrogens is 1. The largest absolute Gasteiger partial charge is 0.586 e. The number of para-hydroxylation sites is 1. The van der Waals surface area contributed by atoms with Gasteiger partial charge in [-0.25, -0.2) is 8.42 Å². The molecule has 0 radical (unpaired) electrons. The van der Waals surface area contributed by atoms with Gasteiger partial charge in [0.25, 0.3) is 0 Å². The number of nitrogens with one attached hydrogen (secondary N) is 1. The van der Waals surface area contributed by atoms with Crippen LogP contribution in [0.1, 0.15) is 29.0 Å². The van der Waals surface area contributed by atoms with Crippen molar-refractivity contribution >= 4 is 20.7 Å². The number of fused-ring (bicyclic) bond motifs is 2. The molecule has 29 heavy (non-hydrogen) atoms. The van der Waals surface area contributed by atoms with E-state index in [0.29, 0.717) is 23.1 Å². The van der Waals surface area contributed by atoms with E-state index in [1.54, 1.807) is 24.4 Å². The van der Waals surface area contributed by atoms with Crippen molar-refractivity contribution in [1.29, 1.82) is 0 Å². The Balaban J connectivity index is 1.77. The Bertz CT molecular complexity index is 1170. The molecule has 0 fully saturated rings. The predicted octanol–water partition coefficient (Wildman–Crippen LogP) is 3.55. The minimum atomic E-state index is -3.70. The second kappa shape index (κ2) is 7.00. The molecule has 154 valence electrons. The average Bonchev–Trinajstić information content (AvgIpc) is 3.17. The third-order valence-electron chi connectivity index (χ3n) is 4.87. The molecule has 1 unspecified atom stereocenters. The lowest BCUT2D eigenvalue weighted by Crippen LogP contribution is -2.25. The smallest absolute Gasteiger partial charge is 0.396 e. The van der Waals surface area contributed by atoms with E-state index in [4.69, 9.17) is 0 Å². The molecule has 9 heteroatoms. The number of halogens is 2. The first kappa shape index (κ1) is 19.7. The molecule has 2 aromatic carbocycles. The number of aliphatic hydroxyl groups excluding tert-OH is 1. The first-order valence-corrected chi connectivity index (χ1v) is 11.0. The van der Waals surface area contributed by atoms with E-state index in [1.165, 1.54) is 18.4 Å². The molecule has 0 bridgehead atoms. The van der Waals surface area contributed by atoms with E-state index in [1.807, 2.05) is 6.07 Å². The van der Waals surface area contributed by atoms with Gasteiger partial charge in [-0.15, -0.1) is 8.78 Å². The fourth-order valence-electron chi connectivity index (χ4n) is 3.74. The average molecular weight is 423 g/mol. The minimum absolute atomic E-state index is 0.0455. The van der Waals surface area contributed by atoms with Gasteiger partial charge in [0.05, 0.1) is 5.75 Å². The van der Waals surface area contributed by atoms with Crippen molar-refractivity contribution in [2.75, 3.05) is 12.9 Å². The van der Waals surface area contributed by atoms with Gasteiger partial charge in [-0.2, -0.15) is 0 Å². The molecule has 1 aliphatic rings. The highest BCUT2D eigenvalue weighted by molar-refractivity contribution is 7.89. The first-order valence-electron chi connectivity index (χ1n) is 8.94. The van der Waals surface area contributed by atoms with Crippen LogP contribution < -0.4 is 9.47 Å². The molecule has 0 saturated carbocycles. The molecule has 2 N–H and O–H groups in total. The molecule has 1 aromatic heterocycles. The second-order valence-corrected chi connectivity index (χ2v) is 9.23. The number of rotatable bonds is 6. The fourth-order valence-corrected chi connectivity index (χ4v) is 4.55. The summed E-state index contributed by atoms with van der Waals surface area (Å²) >= 11 is 0. The number of aromatic nitrogens is 1. The number of alkyl halides is 2. The number of aromatic amines is 1. The summed E-state index contributed by atoms with van der Waals surface area (Å²) in [6.45, 7) is -0.120. The maximum absolute atomic E-state index is 13.3. The summed E-state index contributed by atoms with van der Waals surface area (Å²) in [5.41, 5.74) is 2.84. The third-order valence-corrected chi connectivity index (χ3v) is 5.71. The quantitative estimate of drug-likeness (QED) is 0.633. The van der Waals surface area contributed by atoms with E-state index in [2.05, 4.69) is 14.5 Å². The van der Waals surface area contributed by atoms with Crippen molar-refractivity contribution in [3.05, 3.63) is 59.3 Å². The number of ether oxygens (including phenoxy) is 2. The van der Waals surface area contributed by atoms with Gasteiger partial charge in [0, 0.05) is 35.9 Å². The number of sulfone groups is 1. The van der Waals surface area contributed by atoms with Crippen LogP contribution in [0.2, 0.25) is 0 Å². The lowest BCUT2D eigenvalue weighted by molar-refractivity contribution is -0.286. The van der Waals surface area contributed by atoms with Crippen molar-refractivity contribution in [2.45, 2.75) is 24.4 Å². The summed E-state index contributed by atoms with van der Waals surface area (Å²) < 4.78 is 59.1. The minimum Gasteiger partial charge on any atom is -0.396 e. The van der Waals surface area contributed by atoms with Crippen LogP contribution in [0.5, 0.6) is 11.5 Å². The van der Waals surface area contributed by atoms with Gasteiger partial charge in [-0.05, 0) is 35.2 Å². The molecule has 0 spiro atoms. The monoisotopic (exact) mass is 423 g/mol. The van der Waals surface area contributed by atoms with E-state index in [-0.39, 0.29) is 29.8 Å². The maximum Gasteiger partial charge on any atom is 0.586 e. The summed E-state index contributed by atoms with van der Waals surface area (Å²) in [6, 6.07) is 9.93.